The van der Waals surface area contributed by atoms with E-state index in [1.54, 1.807) is 11.8 Å². The highest BCUT2D eigenvalue weighted by atomic mass is 32.2. The second-order valence-corrected chi connectivity index (χ2v) is 8.90. The van der Waals surface area contributed by atoms with Crippen molar-refractivity contribution in [3.05, 3.63) is 22.9 Å². The number of allylic oxidation sites excluding steroid dienone is 1. The van der Waals surface area contributed by atoms with Crippen molar-refractivity contribution in [2.75, 3.05) is 11.9 Å². The van der Waals surface area contributed by atoms with E-state index in [0.29, 0.717) is 12.4 Å². The zero-order chi connectivity index (χ0) is 18.7. The van der Waals surface area contributed by atoms with E-state index < -0.39 is 11.8 Å². The number of anilines is 1. The van der Waals surface area contributed by atoms with E-state index in [1.807, 2.05) is 25.5 Å². The van der Waals surface area contributed by atoms with Crippen molar-refractivity contribution in [1.82, 2.24) is 15.1 Å². The van der Waals surface area contributed by atoms with Crippen LogP contribution in [0.2, 0.25) is 0 Å². The Morgan fingerprint density at radius 3 is 2.73 bits per heavy atom. The summed E-state index contributed by atoms with van der Waals surface area (Å²) in [4.78, 5) is 24.6. The van der Waals surface area contributed by atoms with Gasteiger partial charge in [-0.3, -0.25) is 9.59 Å². The van der Waals surface area contributed by atoms with Gasteiger partial charge in [0.25, 0.3) is 0 Å². The van der Waals surface area contributed by atoms with Crippen LogP contribution in [0.15, 0.2) is 11.6 Å². The Balaban J connectivity index is 1.60. The van der Waals surface area contributed by atoms with Gasteiger partial charge < -0.3 is 10.6 Å². The predicted molar refractivity (Wildman–Crippen MR) is 105 cm³/mol. The first-order chi connectivity index (χ1) is 12.4. The molecule has 1 aromatic rings. The number of fused-ring (bicyclic) bond motifs is 1. The number of hydrogen-bond acceptors (Lipinski definition) is 4. The van der Waals surface area contributed by atoms with Crippen LogP contribution < -0.4 is 10.6 Å². The second kappa shape index (κ2) is 7.86. The first-order valence-electron chi connectivity index (χ1n) is 9.32. The van der Waals surface area contributed by atoms with E-state index in [0.717, 1.165) is 42.0 Å². The molecule has 0 spiro atoms. The summed E-state index contributed by atoms with van der Waals surface area (Å²) in [6.07, 6.45) is 7.80. The molecule has 1 aromatic heterocycles. The van der Waals surface area contributed by atoms with Crippen LogP contribution in [-0.4, -0.2) is 28.1 Å². The molecule has 0 unspecified atom stereocenters. The molecule has 3 rings (SSSR count). The molecule has 0 aromatic carbocycles. The summed E-state index contributed by atoms with van der Waals surface area (Å²) in [6, 6.07) is 0. The number of carbonyl (C=O) groups excluding carboxylic acids is 2. The highest BCUT2D eigenvalue weighted by Gasteiger charge is 2.29. The predicted octanol–water partition coefficient (Wildman–Crippen LogP) is 3.33. The van der Waals surface area contributed by atoms with Crippen LogP contribution in [-0.2, 0) is 26.6 Å². The van der Waals surface area contributed by atoms with Crippen molar-refractivity contribution in [3.63, 3.8) is 0 Å². The van der Waals surface area contributed by atoms with Gasteiger partial charge in [0.15, 0.2) is 0 Å². The Labute approximate surface area is 159 Å². The molecule has 0 bridgehead atoms. The number of thioether (sulfide) groups is 1. The molecule has 0 saturated carbocycles. The molecule has 0 fully saturated rings. The van der Waals surface area contributed by atoms with E-state index in [4.69, 9.17) is 0 Å². The summed E-state index contributed by atoms with van der Waals surface area (Å²) in [7, 11) is 0. The van der Waals surface area contributed by atoms with Gasteiger partial charge in [0, 0.05) is 23.6 Å². The van der Waals surface area contributed by atoms with Gasteiger partial charge >= 0.3 is 11.8 Å². The Kier molecular flexibility index (Phi) is 5.75. The first kappa shape index (κ1) is 19.0. The largest absolute Gasteiger partial charge is 0.348 e. The van der Waals surface area contributed by atoms with Gasteiger partial charge in [-0.25, -0.2) is 4.68 Å². The molecule has 2 N–H and O–H groups in total. The summed E-state index contributed by atoms with van der Waals surface area (Å²) < 4.78 is 1.83. The molecular weight excluding hydrogens is 348 g/mol. The molecule has 0 atom stereocenters. The molecule has 2 aliphatic rings. The summed E-state index contributed by atoms with van der Waals surface area (Å²) in [6.45, 7) is 6.62. The minimum absolute atomic E-state index is 0.262. The standard InChI is InChI=1S/C19H28N4O2S/c1-19(2,3)23-16(14-11-26-12-15(14)22-23)21-18(25)17(24)20-10-9-13-7-5-4-6-8-13/h7H,4-6,8-12H2,1-3H3,(H,20,24)(H,21,25). The van der Waals surface area contributed by atoms with E-state index in [-0.39, 0.29) is 5.54 Å². The van der Waals surface area contributed by atoms with E-state index in [1.165, 1.54) is 18.4 Å². The number of carbonyl (C=O) groups is 2. The van der Waals surface area contributed by atoms with Gasteiger partial charge in [0.05, 0.1) is 11.2 Å². The average Bonchev–Trinajstić information content (AvgIpc) is 3.18. The molecule has 0 saturated heterocycles. The summed E-state index contributed by atoms with van der Waals surface area (Å²) in [5.74, 6) is 1.13. The maximum atomic E-state index is 12.4. The maximum Gasteiger partial charge on any atom is 0.314 e. The smallest absolute Gasteiger partial charge is 0.314 e. The van der Waals surface area contributed by atoms with Gasteiger partial charge in [-0.1, -0.05) is 11.6 Å². The normalized spacial score (nSPS) is 16.8. The molecule has 1 aliphatic carbocycles. The first-order valence-corrected chi connectivity index (χ1v) is 10.5. The third-order valence-corrected chi connectivity index (χ3v) is 5.71. The molecule has 6 nitrogen and oxygen atoms in total. The molecule has 0 radical (unpaired) electrons. The maximum absolute atomic E-state index is 12.4. The van der Waals surface area contributed by atoms with Gasteiger partial charge in [0.2, 0.25) is 0 Å². The Morgan fingerprint density at radius 1 is 1.23 bits per heavy atom. The van der Waals surface area contributed by atoms with Gasteiger partial charge in [-0.2, -0.15) is 16.9 Å². The van der Waals surface area contributed by atoms with Crippen LogP contribution in [0.5, 0.6) is 0 Å². The summed E-state index contributed by atoms with van der Waals surface area (Å²) in [5.41, 5.74) is 3.17. The summed E-state index contributed by atoms with van der Waals surface area (Å²) in [5, 5.41) is 10.2. The molecule has 2 amide bonds. The highest BCUT2D eigenvalue weighted by molar-refractivity contribution is 7.98. The third-order valence-electron chi connectivity index (χ3n) is 4.74. The van der Waals surface area contributed by atoms with Gasteiger partial charge in [0.1, 0.15) is 5.82 Å². The van der Waals surface area contributed by atoms with Crippen molar-refractivity contribution in [2.45, 2.75) is 69.9 Å². The van der Waals surface area contributed by atoms with E-state index in [9.17, 15) is 9.59 Å². The molecule has 1 aliphatic heterocycles. The fraction of sp³-hybridized carbons (Fsp3) is 0.632. The number of amides is 2. The van der Waals surface area contributed by atoms with Gasteiger partial charge in [-0.05, 0) is 52.9 Å². The SMILES string of the molecule is CC(C)(C)n1nc2c(c1NC(=O)C(=O)NCCC1=CCCCC1)CSC2. The number of rotatable bonds is 4. The molecule has 26 heavy (non-hydrogen) atoms. The lowest BCUT2D eigenvalue weighted by molar-refractivity contribution is -0.136. The number of nitrogens with zero attached hydrogens (tertiary/aromatic N) is 2. The zero-order valence-corrected chi connectivity index (χ0v) is 16.7. The van der Waals surface area contributed by atoms with Crippen LogP contribution in [0.1, 0.15) is 64.1 Å². The van der Waals surface area contributed by atoms with Crippen LogP contribution in [0.3, 0.4) is 0 Å². The fourth-order valence-electron chi connectivity index (χ4n) is 3.34. The Bertz CT molecular complexity index is 731. The van der Waals surface area contributed by atoms with Crippen LogP contribution in [0.25, 0.3) is 0 Å². The van der Waals surface area contributed by atoms with Crippen LogP contribution in [0, 0.1) is 0 Å². The van der Waals surface area contributed by atoms with Crippen LogP contribution >= 0.6 is 11.8 Å². The quantitative estimate of drug-likeness (QED) is 0.624. The number of nitrogens with one attached hydrogen (secondary N) is 2. The summed E-state index contributed by atoms with van der Waals surface area (Å²) >= 11 is 1.77. The lowest BCUT2D eigenvalue weighted by Gasteiger charge is -2.23. The topological polar surface area (TPSA) is 76.0 Å². The van der Waals surface area contributed by atoms with Crippen LogP contribution in [0.4, 0.5) is 5.82 Å². The molecule has 7 heteroatoms. The third kappa shape index (κ3) is 4.31. The fourth-order valence-corrected chi connectivity index (χ4v) is 4.37. The minimum atomic E-state index is -0.618. The molecule has 142 valence electrons. The minimum Gasteiger partial charge on any atom is -0.348 e. The van der Waals surface area contributed by atoms with Crippen molar-refractivity contribution < 1.29 is 9.59 Å². The van der Waals surface area contributed by atoms with Crippen molar-refractivity contribution in [1.29, 1.82) is 0 Å². The van der Waals surface area contributed by atoms with Crippen molar-refractivity contribution in [2.24, 2.45) is 0 Å². The van der Waals surface area contributed by atoms with Crippen molar-refractivity contribution in [3.8, 4) is 0 Å². The highest BCUT2D eigenvalue weighted by Crippen LogP contribution is 2.37. The average molecular weight is 377 g/mol. The van der Waals surface area contributed by atoms with E-state index in [2.05, 4.69) is 21.8 Å². The number of hydrogen-bond donors (Lipinski definition) is 2. The molecular formula is C19H28N4O2S. The Hall–Kier alpha value is -1.76. The lowest BCUT2D eigenvalue weighted by Crippen LogP contribution is -2.37. The van der Waals surface area contributed by atoms with Gasteiger partial charge in [-0.15, -0.1) is 0 Å². The monoisotopic (exact) mass is 376 g/mol. The lowest BCUT2D eigenvalue weighted by atomic mass is 9.97. The number of aromatic nitrogens is 2. The molecule has 2 heterocycles. The van der Waals surface area contributed by atoms with Crippen molar-refractivity contribution >= 4 is 29.4 Å². The Morgan fingerprint density at radius 2 is 2.04 bits per heavy atom. The zero-order valence-electron chi connectivity index (χ0n) is 15.9. The second-order valence-electron chi connectivity index (χ2n) is 7.92. The van der Waals surface area contributed by atoms with E-state index >= 15 is 0 Å².